The molecule has 2 heterocycles. The van der Waals surface area contributed by atoms with Crippen molar-refractivity contribution < 1.29 is 9.18 Å². The second-order valence-corrected chi connectivity index (χ2v) is 7.34. The van der Waals surface area contributed by atoms with Crippen LogP contribution in [0.2, 0.25) is 0 Å². The topological polar surface area (TPSA) is 46.4 Å². The highest BCUT2D eigenvalue weighted by Gasteiger charge is 2.22. The molecule has 148 valence electrons. The largest absolute Gasteiger partial charge is 0.356 e. The quantitative estimate of drug-likeness (QED) is 0.530. The fourth-order valence-electron chi connectivity index (χ4n) is 3.51. The van der Waals surface area contributed by atoms with E-state index in [0.29, 0.717) is 6.54 Å². The first-order chi connectivity index (χ1) is 13.6. The van der Waals surface area contributed by atoms with E-state index >= 15 is 0 Å². The van der Waals surface area contributed by atoms with Crippen molar-refractivity contribution in [2.45, 2.75) is 51.9 Å². The molecule has 0 spiro atoms. The van der Waals surface area contributed by atoms with Crippen LogP contribution in [0, 0.1) is 12.7 Å². The zero-order chi connectivity index (χ0) is 19.9. The van der Waals surface area contributed by atoms with Crippen LogP contribution in [0.1, 0.15) is 61.8 Å². The average Bonchev–Trinajstić information content (AvgIpc) is 3.08. The van der Waals surface area contributed by atoms with Crippen LogP contribution in [-0.4, -0.2) is 21.8 Å². The Morgan fingerprint density at radius 1 is 1.21 bits per heavy atom. The third kappa shape index (κ3) is 4.97. The number of nitrogens with zero attached hydrogens (tertiary/aromatic N) is 2. The number of benzene rings is 1. The second-order valence-electron chi connectivity index (χ2n) is 7.34. The van der Waals surface area contributed by atoms with Gasteiger partial charge in [-0.25, -0.2) is 9.37 Å². The van der Waals surface area contributed by atoms with E-state index in [4.69, 9.17) is 0 Å². The molecule has 0 saturated heterocycles. The minimum atomic E-state index is -0.299. The SMILES string of the molecule is CCCCCCNC(=O)CC(c1cccc(F)c1)c1cnc2cc(C)ccn12. The summed E-state index contributed by atoms with van der Waals surface area (Å²) in [5.74, 6) is -0.580. The zero-order valence-electron chi connectivity index (χ0n) is 16.6. The van der Waals surface area contributed by atoms with Gasteiger partial charge in [0.2, 0.25) is 5.91 Å². The maximum Gasteiger partial charge on any atom is 0.221 e. The molecular weight excluding hydrogens is 353 g/mol. The number of nitrogens with one attached hydrogen (secondary N) is 1. The van der Waals surface area contributed by atoms with E-state index in [0.717, 1.165) is 35.3 Å². The van der Waals surface area contributed by atoms with Crippen molar-refractivity contribution in [3.8, 4) is 0 Å². The number of amides is 1. The summed E-state index contributed by atoms with van der Waals surface area (Å²) < 4.78 is 15.9. The number of carbonyl (C=O) groups is 1. The summed E-state index contributed by atoms with van der Waals surface area (Å²) in [4.78, 5) is 17.1. The molecule has 2 aromatic heterocycles. The van der Waals surface area contributed by atoms with E-state index in [9.17, 15) is 9.18 Å². The Balaban J connectivity index is 1.82. The molecule has 1 N–H and O–H groups in total. The van der Waals surface area contributed by atoms with Crippen LogP contribution in [0.3, 0.4) is 0 Å². The number of imidazole rings is 1. The van der Waals surface area contributed by atoms with Crippen LogP contribution in [-0.2, 0) is 4.79 Å². The summed E-state index contributed by atoms with van der Waals surface area (Å²) in [7, 11) is 0. The van der Waals surface area contributed by atoms with Crippen LogP contribution in [0.5, 0.6) is 0 Å². The number of hydrogen-bond donors (Lipinski definition) is 1. The van der Waals surface area contributed by atoms with E-state index in [1.807, 2.05) is 35.7 Å². The molecule has 0 aliphatic rings. The average molecular weight is 381 g/mol. The van der Waals surface area contributed by atoms with Gasteiger partial charge in [-0.2, -0.15) is 0 Å². The number of carbonyl (C=O) groups excluding carboxylic acids is 1. The van der Waals surface area contributed by atoms with Gasteiger partial charge in [0.1, 0.15) is 11.5 Å². The fraction of sp³-hybridized carbons (Fsp3) is 0.391. The van der Waals surface area contributed by atoms with Gasteiger partial charge in [0, 0.05) is 31.3 Å². The lowest BCUT2D eigenvalue weighted by molar-refractivity contribution is -0.121. The van der Waals surface area contributed by atoms with Gasteiger partial charge in [-0.05, 0) is 48.7 Å². The third-order valence-electron chi connectivity index (χ3n) is 5.05. The first kappa shape index (κ1) is 20.1. The zero-order valence-corrected chi connectivity index (χ0v) is 16.6. The molecule has 0 aliphatic heterocycles. The Morgan fingerprint density at radius 2 is 2.07 bits per heavy atom. The van der Waals surface area contributed by atoms with E-state index in [-0.39, 0.29) is 24.1 Å². The van der Waals surface area contributed by atoms with Gasteiger partial charge in [-0.1, -0.05) is 38.3 Å². The molecule has 1 atom stereocenters. The number of aromatic nitrogens is 2. The summed E-state index contributed by atoms with van der Waals surface area (Å²) in [6.07, 6.45) is 8.47. The number of pyridine rings is 1. The predicted molar refractivity (Wildman–Crippen MR) is 110 cm³/mol. The predicted octanol–water partition coefficient (Wildman–Crippen LogP) is 5.00. The minimum absolute atomic E-state index is 0.0205. The maximum atomic E-state index is 13.9. The van der Waals surface area contributed by atoms with Gasteiger partial charge in [0.05, 0.1) is 5.69 Å². The van der Waals surface area contributed by atoms with Crippen LogP contribution in [0.25, 0.3) is 5.65 Å². The van der Waals surface area contributed by atoms with E-state index in [2.05, 4.69) is 17.2 Å². The van der Waals surface area contributed by atoms with Crippen molar-refractivity contribution >= 4 is 11.6 Å². The summed E-state index contributed by atoms with van der Waals surface area (Å²) in [6.45, 7) is 4.87. The second kappa shape index (κ2) is 9.49. The molecule has 0 aliphatic carbocycles. The van der Waals surface area contributed by atoms with E-state index in [1.54, 1.807) is 12.3 Å². The molecule has 0 bridgehead atoms. The van der Waals surface area contributed by atoms with Crippen LogP contribution in [0.15, 0.2) is 48.8 Å². The highest BCUT2D eigenvalue weighted by atomic mass is 19.1. The lowest BCUT2D eigenvalue weighted by Crippen LogP contribution is -2.26. The first-order valence-corrected chi connectivity index (χ1v) is 10.0. The molecule has 0 radical (unpaired) electrons. The van der Waals surface area contributed by atoms with Crippen molar-refractivity contribution in [3.63, 3.8) is 0 Å². The molecule has 28 heavy (non-hydrogen) atoms. The van der Waals surface area contributed by atoms with E-state index in [1.165, 1.54) is 25.0 Å². The van der Waals surface area contributed by atoms with Gasteiger partial charge in [0.15, 0.2) is 0 Å². The summed E-state index contributed by atoms with van der Waals surface area (Å²) in [5.41, 5.74) is 3.62. The molecule has 0 saturated carbocycles. The van der Waals surface area contributed by atoms with Gasteiger partial charge in [-0.3, -0.25) is 4.79 Å². The van der Waals surface area contributed by atoms with Gasteiger partial charge >= 0.3 is 0 Å². The van der Waals surface area contributed by atoms with Crippen LogP contribution < -0.4 is 5.32 Å². The molecular formula is C23H28FN3O. The lowest BCUT2D eigenvalue weighted by atomic mass is 9.92. The Morgan fingerprint density at radius 3 is 2.86 bits per heavy atom. The number of unbranched alkanes of at least 4 members (excludes halogenated alkanes) is 3. The summed E-state index contributed by atoms with van der Waals surface area (Å²) >= 11 is 0. The fourth-order valence-corrected chi connectivity index (χ4v) is 3.51. The lowest BCUT2D eigenvalue weighted by Gasteiger charge is -2.17. The Bertz CT molecular complexity index is 934. The first-order valence-electron chi connectivity index (χ1n) is 10.0. The Kier molecular flexibility index (Phi) is 6.80. The van der Waals surface area contributed by atoms with Gasteiger partial charge in [0.25, 0.3) is 0 Å². The standard InChI is InChI=1S/C23H28FN3O/c1-3-4-5-6-11-25-23(28)15-20(18-8-7-9-19(24)14-18)21-16-26-22-13-17(2)10-12-27(21)22/h7-10,12-14,16,20H,3-6,11,15H2,1-2H3,(H,25,28). The van der Waals surface area contributed by atoms with Crippen molar-refractivity contribution in [1.82, 2.24) is 14.7 Å². The molecule has 5 heteroatoms. The number of rotatable bonds is 9. The van der Waals surface area contributed by atoms with Crippen LogP contribution in [0.4, 0.5) is 4.39 Å². The molecule has 3 rings (SSSR count). The number of halogens is 1. The van der Waals surface area contributed by atoms with Gasteiger partial charge < -0.3 is 9.72 Å². The number of fused-ring (bicyclic) bond motifs is 1. The molecule has 1 unspecified atom stereocenters. The highest BCUT2D eigenvalue weighted by molar-refractivity contribution is 5.77. The van der Waals surface area contributed by atoms with Crippen molar-refractivity contribution in [2.24, 2.45) is 0 Å². The number of aryl methyl sites for hydroxylation is 1. The molecule has 1 amide bonds. The summed E-state index contributed by atoms with van der Waals surface area (Å²) in [6, 6.07) is 10.5. The van der Waals surface area contributed by atoms with Crippen LogP contribution >= 0.6 is 0 Å². The van der Waals surface area contributed by atoms with Gasteiger partial charge in [-0.15, -0.1) is 0 Å². The Hall–Kier alpha value is -2.69. The monoisotopic (exact) mass is 381 g/mol. The van der Waals surface area contributed by atoms with Crippen molar-refractivity contribution in [2.75, 3.05) is 6.54 Å². The number of hydrogen-bond acceptors (Lipinski definition) is 2. The van der Waals surface area contributed by atoms with E-state index < -0.39 is 0 Å². The molecule has 0 fully saturated rings. The maximum absolute atomic E-state index is 13.9. The highest BCUT2D eigenvalue weighted by Crippen LogP contribution is 2.29. The third-order valence-corrected chi connectivity index (χ3v) is 5.05. The van der Waals surface area contributed by atoms with Crippen molar-refractivity contribution in [1.29, 1.82) is 0 Å². The minimum Gasteiger partial charge on any atom is -0.356 e. The Labute approximate surface area is 165 Å². The normalized spacial score (nSPS) is 12.2. The smallest absolute Gasteiger partial charge is 0.221 e. The molecule has 4 nitrogen and oxygen atoms in total. The molecule has 3 aromatic rings. The summed E-state index contributed by atoms with van der Waals surface area (Å²) in [5, 5.41) is 3.01. The molecule has 1 aromatic carbocycles. The van der Waals surface area contributed by atoms with Crippen molar-refractivity contribution in [3.05, 3.63) is 71.4 Å².